The lowest BCUT2D eigenvalue weighted by Gasteiger charge is -2.28. The zero-order chi connectivity index (χ0) is 15.5. The summed E-state index contributed by atoms with van der Waals surface area (Å²) in [6.45, 7) is 4.08. The Morgan fingerprint density at radius 3 is 2.81 bits per heavy atom. The average Bonchev–Trinajstić information content (AvgIpc) is 3.24. The summed E-state index contributed by atoms with van der Waals surface area (Å²) >= 11 is 13.7. The van der Waals surface area contributed by atoms with Crippen molar-refractivity contribution in [2.75, 3.05) is 12.4 Å². The van der Waals surface area contributed by atoms with Gasteiger partial charge in [-0.2, -0.15) is 0 Å². The molecule has 2 rings (SSSR count). The van der Waals surface area contributed by atoms with E-state index in [1.807, 2.05) is 19.9 Å². The van der Waals surface area contributed by atoms with E-state index in [1.165, 1.54) is 11.8 Å². The zero-order valence-electron chi connectivity index (χ0n) is 12.1. The molecule has 0 bridgehead atoms. The summed E-state index contributed by atoms with van der Waals surface area (Å²) in [6, 6.07) is 5.75. The average molecular weight is 348 g/mol. The summed E-state index contributed by atoms with van der Waals surface area (Å²) in [7, 11) is 0. The number of carbonyl (C=O) groups excluding carboxylic acids is 1. The molecule has 6 heteroatoms. The Bertz CT molecular complexity index is 522. The van der Waals surface area contributed by atoms with E-state index in [0.29, 0.717) is 28.4 Å². The van der Waals surface area contributed by atoms with Crippen LogP contribution in [0.4, 0.5) is 0 Å². The highest BCUT2D eigenvalue weighted by molar-refractivity contribution is 7.99. The zero-order valence-corrected chi connectivity index (χ0v) is 14.4. The van der Waals surface area contributed by atoms with Crippen molar-refractivity contribution in [3.8, 4) is 0 Å². The van der Waals surface area contributed by atoms with Crippen LogP contribution >= 0.6 is 35.0 Å². The van der Waals surface area contributed by atoms with Crippen LogP contribution in [0.2, 0.25) is 10.0 Å². The normalized spacial score (nSPS) is 17.3. The van der Waals surface area contributed by atoms with E-state index < -0.39 is 5.54 Å². The van der Waals surface area contributed by atoms with Gasteiger partial charge in [0.2, 0.25) is 0 Å². The van der Waals surface area contributed by atoms with E-state index in [9.17, 15) is 4.79 Å². The van der Waals surface area contributed by atoms with E-state index in [0.717, 1.165) is 17.7 Å². The molecule has 1 saturated carbocycles. The Morgan fingerprint density at radius 2 is 2.19 bits per heavy atom. The van der Waals surface area contributed by atoms with Crippen LogP contribution in [0.1, 0.15) is 26.7 Å². The Morgan fingerprint density at radius 1 is 1.48 bits per heavy atom. The topological polar surface area (TPSA) is 38.3 Å². The summed E-state index contributed by atoms with van der Waals surface area (Å²) in [6.07, 6.45) is 2.22. The molecular formula is C15H19Cl2NO2S. The predicted molar refractivity (Wildman–Crippen MR) is 88.4 cm³/mol. The molecule has 1 aliphatic carbocycles. The van der Waals surface area contributed by atoms with Crippen LogP contribution in [-0.4, -0.2) is 29.9 Å². The minimum absolute atomic E-state index is 0.220. The Hall–Kier alpha value is -0.420. The van der Waals surface area contributed by atoms with Crippen LogP contribution in [0.25, 0.3) is 0 Å². The molecule has 1 unspecified atom stereocenters. The largest absolute Gasteiger partial charge is 0.465 e. The second-order valence-corrected chi connectivity index (χ2v) is 7.20. The van der Waals surface area contributed by atoms with Gasteiger partial charge < -0.3 is 4.74 Å². The molecule has 1 aromatic rings. The van der Waals surface area contributed by atoms with E-state index >= 15 is 0 Å². The van der Waals surface area contributed by atoms with Gasteiger partial charge in [0, 0.05) is 21.7 Å². The molecule has 0 radical (unpaired) electrons. The number of rotatable bonds is 7. The maximum absolute atomic E-state index is 12.2. The Kier molecular flexibility index (Phi) is 5.83. The van der Waals surface area contributed by atoms with E-state index in [2.05, 4.69) is 5.32 Å². The number of thioether (sulfide) groups is 1. The lowest BCUT2D eigenvalue weighted by Crippen LogP contribution is -2.53. The van der Waals surface area contributed by atoms with Crippen molar-refractivity contribution >= 4 is 40.9 Å². The van der Waals surface area contributed by atoms with Gasteiger partial charge in [-0.05, 0) is 44.9 Å². The molecule has 3 nitrogen and oxygen atoms in total. The van der Waals surface area contributed by atoms with Gasteiger partial charge in [-0.1, -0.05) is 23.2 Å². The van der Waals surface area contributed by atoms with Crippen molar-refractivity contribution in [1.82, 2.24) is 5.32 Å². The highest BCUT2D eigenvalue weighted by atomic mass is 35.5. The second kappa shape index (κ2) is 7.23. The van der Waals surface area contributed by atoms with Crippen LogP contribution in [0.5, 0.6) is 0 Å². The molecule has 0 heterocycles. The number of hydrogen-bond acceptors (Lipinski definition) is 4. The molecule has 116 valence electrons. The van der Waals surface area contributed by atoms with Crippen molar-refractivity contribution in [2.24, 2.45) is 0 Å². The van der Waals surface area contributed by atoms with Gasteiger partial charge in [-0.3, -0.25) is 10.1 Å². The van der Waals surface area contributed by atoms with E-state index in [-0.39, 0.29) is 5.97 Å². The molecule has 1 atom stereocenters. The van der Waals surface area contributed by atoms with Gasteiger partial charge in [0.25, 0.3) is 0 Å². The number of nitrogens with one attached hydrogen (secondary N) is 1. The van der Waals surface area contributed by atoms with Gasteiger partial charge in [-0.15, -0.1) is 11.8 Å². The standard InChI is InChI=1S/C15H19Cl2NO2S/c1-3-20-14(19)15(2,18-11-5-6-11)9-21-13-8-10(16)4-7-12(13)17/h4,7-8,11,18H,3,5-6,9H2,1-2H3. The molecule has 21 heavy (non-hydrogen) atoms. The number of ether oxygens (including phenoxy) is 1. The fraction of sp³-hybridized carbons (Fsp3) is 0.533. The molecule has 0 aromatic heterocycles. The third-order valence-electron chi connectivity index (χ3n) is 3.24. The fourth-order valence-electron chi connectivity index (χ4n) is 1.94. The number of hydrogen-bond donors (Lipinski definition) is 1. The number of carbonyl (C=O) groups is 1. The number of halogens is 2. The summed E-state index contributed by atoms with van der Waals surface area (Å²) in [4.78, 5) is 13.1. The Labute approximate surface area is 139 Å². The van der Waals surface area contributed by atoms with Gasteiger partial charge in [-0.25, -0.2) is 0 Å². The molecule has 1 fully saturated rings. The first-order chi connectivity index (χ1) is 9.94. The first-order valence-electron chi connectivity index (χ1n) is 6.97. The van der Waals surface area contributed by atoms with Gasteiger partial charge in [0.1, 0.15) is 5.54 Å². The highest BCUT2D eigenvalue weighted by Gasteiger charge is 2.39. The molecule has 0 saturated heterocycles. The lowest BCUT2D eigenvalue weighted by molar-refractivity contribution is -0.149. The minimum atomic E-state index is -0.715. The van der Waals surface area contributed by atoms with E-state index in [4.69, 9.17) is 27.9 Å². The molecule has 0 spiro atoms. The predicted octanol–water partition coefficient (Wildman–Crippen LogP) is 4.16. The molecule has 0 amide bonds. The maximum atomic E-state index is 12.2. The molecule has 1 aromatic carbocycles. The van der Waals surface area contributed by atoms with Gasteiger partial charge >= 0.3 is 5.97 Å². The van der Waals surface area contributed by atoms with Gasteiger partial charge in [0.15, 0.2) is 0 Å². The smallest absolute Gasteiger partial charge is 0.326 e. The van der Waals surface area contributed by atoms with Crippen molar-refractivity contribution in [2.45, 2.75) is 43.2 Å². The molecule has 0 aliphatic heterocycles. The lowest BCUT2D eigenvalue weighted by atomic mass is 10.1. The number of esters is 1. The summed E-state index contributed by atoms with van der Waals surface area (Å²) < 4.78 is 5.20. The summed E-state index contributed by atoms with van der Waals surface area (Å²) in [5, 5.41) is 4.66. The first-order valence-corrected chi connectivity index (χ1v) is 8.71. The molecular weight excluding hydrogens is 329 g/mol. The van der Waals surface area contributed by atoms with Crippen LogP contribution in [-0.2, 0) is 9.53 Å². The quantitative estimate of drug-likeness (QED) is 0.593. The van der Waals surface area contributed by atoms with Crippen LogP contribution < -0.4 is 5.32 Å². The third kappa shape index (κ3) is 4.78. The second-order valence-electron chi connectivity index (χ2n) is 5.33. The first kappa shape index (κ1) is 16.9. The number of benzene rings is 1. The summed E-state index contributed by atoms with van der Waals surface area (Å²) in [5.41, 5.74) is -0.715. The van der Waals surface area contributed by atoms with Crippen LogP contribution in [0.15, 0.2) is 23.1 Å². The van der Waals surface area contributed by atoms with Crippen molar-refractivity contribution in [3.63, 3.8) is 0 Å². The van der Waals surface area contributed by atoms with Crippen molar-refractivity contribution in [1.29, 1.82) is 0 Å². The van der Waals surface area contributed by atoms with Crippen molar-refractivity contribution in [3.05, 3.63) is 28.2 Å². The molecule has 1 N–H and O–H groups in total. The van der Waals surface area contributed by atoms with Crippen molar-refractivity contribution < 1.29 is 9.53 Å². The SMILES string of the molecule is CCOC(=O)C(C)(CSc1cc(Cl)ccc1Cl)NC1CC1. The highest BCUT2D eigenvalue weighted by Crippen LogP contribution is 2.33. The van der Waals surface area contributed by atoms with Crippen LogP contribution in [0.3, 0.4) is 0 Å². The third-order valence-corrected chi connectivity index (χ3v) is 5.28. The maximum Gasteiger partial charge on any atom is 0.326 e. The Balaban J connectivity index is 2.07. The van der Waals surface area contributed by atoms with Crippen LogP contribution in [0, 0.1) is 0 Å². The molecule has 1 aliphatic rings. The monoisotopic (exact) mass is 347 g/mol. The minimum Gasteiger partial charge on any atom is -0.465 e. The van der Waals surface area contributed by atoms with E-state index in [1.54, 1.807) is 12.1 Å². The summed E-state index contributed by atoms with van der Waals surface area (Å²) in [5.74, 6) is 0.324. The fourth-order valence-corrected chi connectivity index (χ4v) is 3.52. The van der Waals surface area contributed by atoms with Gasteiger partial charge in [0.05, 0.1) is 11.6 Å².